The summed E-state index contributed by atoms with van der Waals surface area (Å²) in [6.07, 6.45) is 0.363. The molecule has 1 aromatic carbocycles. The third kappa shape index (κ3) is 2.24. The quantitative estimate of drug-likeness (QED) is 0.850. The summed E-state index contributed by atoms with van der Waals surface area (Å²) in [6.45, 7) is 4.89. The lowest BCUT2D eigenvalue weighted by atomic mass is 10.00. The molecule has 0 saturated carbocycles. The van der Waals surface area contributed by atoms with Gasteiger partial charge >= 0.3 is 0 Å². The second-order valence-electron chi connectivity index (χ2n) is 5.13. The van der Waals surface area contributed by atoms with Crippen LogP contribution in [0.4, 0.5) is 5.69 Å². The van der Waals surface area contributed by atoms with Gasteiger partial charge in [-0.25, -0.2) is 0 Å². The van der Waals surface area contributed by atoms with Crippen LogP contribution >= 0.6 is 0 Å². The Hall–Kier alpha value is -2.43. The van der Waals surface area contributed by atoms with Gasteiger partial charge in [-0.1, -0.05) is 12.1 Å². The average molecular weight is 283 g/mol. The second-order valence-corrected chi connectivity index (χ2v) is 5.13. The third-order valence-electron chi connectivity index (χ3n) is 3.72. The van der Waals surface area contributed by atoms with Crippen LogP contribution in [0.3, 0.4) is 0 Å². The summed E-state index contributed by atoms with van der Waals surface area (Å²) in [5, 5.41) is 4.32. The monoisotopic (exact) mass is 283 g/mol. The van der Waals surface area contributed by atoms with E-state index < -0.39 is 0 Å². The number of carbonyl (C=O) groups is 2. The van der Waals surface area contributed by atoms with Crippen LogP contribution in [0.1, 0.15) is 39.9 Å². The molecule has 0 bridgehead atoms. The van der Waals surface area contributed by atoms with Crippen LogP contribution < -0.4 is 4.90 Å². The van der Waals surface area contributed by atoms with Gasteiger partial charge in [0.05, 0.1) is 11.4 Å². The summed E-state index contributed by atoms with van der Waals surface area (Å²) in [4.78, 5) is 26.5. The zero-order chi connectivity index (χ0) is 15.0. The molecule has 2 heterocycles. The molecule has 2 aromatic rings. The standard InChI is InChI=1S/C16H17N3O2/c1-3-19-14(10-11(2)17-19)16(21)18-9-8-15(20)12-6-4-5-7-13(12)18/h4-7,10H,3,8-9H2,1-2H3. The van der Waals surface area contributed by atoms with Gasteiger partial charge in [0, 0.05) is 25.1 Å². The van der Waals surface area contributed by atoms with Gasteiger partial charge in [-0.3, -0.25) is 14.3 Å². The number of para-hydroxylation sites is 1. The number of hydrogen-bond donors (Lipinski definition) is 0. The van der Waals surface area contributed by atoms with Crippen LogP contribution in [0.25, 0.3) is 0 Å². The van der Waals surface area contributed by atoms with Crippen LogP contribution in [0.2, 0.25) is 0 Å². The number of aromatic nitrogens is 2. The number of nitrogens with zero attached hydrogens (tertiary/aromatic N) is 3. The molecule has 1 aromatic heterocycles. The Morgan fingerprint density at radius 3 is 2.86 bits per heavy atom. The highest BCUT2D eigenvalue weighted by atomic mass is 16.2. The molecular formula is C16H17N3O2. The molecule has 3 rings (SSSR count). The number of ketones is 1. The summed E-state index contributed by atoms with van der Waals surface area (Å²) < 4.78 is 1.71. The molecule has 1 aliphatic heterocycles. The highest BCUT2D eigenvalue weighted by Gasteiger charge is 2.29. The fourth-order valence-corrected chi connectivity index (χ4v) is 2.72. The van der Waals surface area contributed by atoms with Gasteiger partial charge in [-0.15, -0.1) is 0 Å². The maximum atomic E-state index is 12.8. The lowest BCUT2D eigenvalue weighted by Gasteiger charge is -2.28. The highest BCUT2D eigenvalue weighted by Crippen LogP contribution is 2.28. The molecule has 0 saturated heterocycles. The summed E-state index contributed by atoms with van der Waals surface area (Å²) in [6, 6.07) is 9.07. The first-order valence-corrected chi connectivity index (χ1v) is 7.10. The van der Waals surface area contributed by atoms with Crippen molar-refractivity contribution in [3.05, 3.63) is 47.3 Å². The molecule has 0 N–H and O–H groups in total. The van der Waals surface area contributed by atoms with E-state index >= 15 is 0 Å². The summed E-state index contributed by atoms with van der Waals surface area (Å²) >= 11 is 0. The van der Waals surface area contributed by atoms with Crippen molar-refractivity contribution in [2.24, 2.45) is 0 Å². The van der Waals surface area contributed by atoms with E-state index in [1.54, 1.807) is 21.7 Å². The van der Waals surface area contributed by atoms with E-state index in [0.717, 1.165) is 5.69 Å². The van der Waals surface area contributed by atoms with Gasteiger partial charge in [0.15, 0.2) is 5.78 Å². The van der Waals surface area contributed by atoms with E-state index in [4.69, 9.17) is 0 Å². The molecule has 0 spiro atoms. The van der Waals surface area contributed by atoms with Crippen molar-refractivity contribution in [1.82, 2.24) is 9.78 Å². The van der Waals surface area contributed by atoms with Gasteiger partial charge in [-0.2, -0.15) is 5.10 Å². The maximum absolute atomic E-state index is 12.8. The van der Waals surface area contributed by atoms with E-state index in [1.807, 2.05) is 32.0 Å². The normalized spacial score (nSPS) is 14.2. The Morgan fingerprint density at radius 1 is 1.33 bits per heavy atom. The highest BCUT2D eigenvalue weighted by molar-refractivity contribution is 6.12. The number of aryl methyl sites for hydroxylation is 2. The first-order valence-electron chi connectivity index (χ1n) is 7.10. The molecule has 0 aliphatic carbocycles. The zero-order valence-electron chi connectivity index (χ0n) is 12.2. The molecular weight excluding hydrogens is 266 g/mol. The number of hydrogen-bond acceptors (Lipinski definition) is 3. The minimum Gasteiger partial charge on any atom is -0.306 e. The SMILES string of the molecule is CCn1nc(C)cc1C(=O)N1CCC(=O)c2ccccc21. The Balaban J connectivity index is 2.03. The average Bonchev–Trinajstić information content (AvgIpc) is 2.88. The number of Topliss-reactive ketones (excluding diaryl/α,β-unsaturated/α-hetero) is 1. The van der Waals surface area contributed by atoms with Crippen LogP contribution in [-0.4, -0.2) is 28.0 Å². The lowest BCUT2D eigenvalue weighted by Crippen LogP contribution is -2.38. The zero-order valence-corrected chi connectivity index (χ0v) is 12.2. The van der Waals surface area contributed by atoms with Crippen LogP contribution in [-0.2, 0) is 6.54 Å². The molecule has 1 amide bonds. The van der Waals surface area contributed by atoms with Crippen LogP contribution in [0, 0.1) is 6.92 Å². The number of carbonyl (C=O) groups excluding carboxylic acids is 2. The summed E-state index contributed by atoms with van der Waals surface area (Å²) in [7, 11) is 0. The topological polar surface area (TPSA) is 55.2 Å². The Morgan fingerprint density at radius 2 is 2.10 bits per heavy atom. The fourth-order valence-electron chi connectivity index (χ4n) is 2.72. The minimum atomic E-state index is -0.0996. The van der Waals surface area contributed by atoms with Crippen molar-refractivity contribution < 1.29 is 9.59 Å². The first kappa shape index (κ1) is 13.5. The lowest BCUT2D eigenvalue weighted by molar-refractivity contribution is 0.0950. The van der Waals surface area contributed by atoms with E-state index in [0.29, 0.717) is 36.5 Å². The van der Waals surface area contributed by atoms with Crippen LogP contribution in [0.15, 0.2) is 30.3 Å². The van der Waals surface area contributed by atoms with Gasteiger partial charge < -0.3 is 4.90 Å². The number of amides is 1. The van der Waals surface area contributed by atoms with Crippen molar-refractivity contribution in [2.75, 3.05) is 11.4 Å². The molecule has 108 valence electrons. The van der Waals surface area contributed by atoms with Gasteiger partial charge in [-0.05, 0) is 32.0 Å². The first-order chi connectivity index (χ1) is 10.1. The van der Waals surface area contributed by atoms with Gasteiger partial charge in [0.2, 0.25) is 0 Å². The summed E-state index contributed by atoms with van der Waals surface area (Å²) in [5.41, 5.74) is 2.71. The van der Waals surface area contributed by atoms with Crippen molar-refractivity contribution in [3.63, 3.8) is 0 Å². The number of fused-ring (bicyclic) bond motifs is 1. The predicted octanol–water partition coefficient (Wildman–Crippen LogP) is 2.44. The van der Waals surface area contributed by atoms with E-state index in [-0.39, 0.29) is 11.7 Å². The smallest absolute Gasteiger partial charge is 0.276 e. The summed E-state index contributed by atoms with van der Waals surface area (Å²) in [5.74, 6) is -0.00719. The minimum absolute atomic E-state index is 0.0924. The van der Waals surface area contributed by atoms with Gasteiger partial charge in [0.25, 0.3) is 5.91 Å². The molecule has 1 aliphatic rings. The van der Waals surface area contributed by atoms with Crippen molar-refractivity contribution >= 4 is 17.4 Å². The Labute approximate surface area is 123 Å². The van der Waals surface area contributed by atoms with Crippen LogP contribution in [0.5, 0.6) is 0 Å². The van der Waals surface area contributed by atoms with Crippen molar-refractivity contribution in [3.8, 4) is 0 Å². The fraction of sp³-hybridized carbons (Fsp3) is 0.312. The molecule has 5 nitrogen and oxygen atoms in total. The Kier molecular flexibility index (Phi) is 3.33. The number of rotatable bonds is 2. The van der Waals surface area contributed by atoms with Crippen molar-refractivity contribution in [1.29, 1.82) is 0 Å². The third-order valence-corrected chi connectivity index (χ3v) is 3.72. The molecule has 0 radical (unpaired) electrons. The maximum Gasteiger partial charge on any atom is 0.276 e. The van der Waals surface area contributed by atoms with E-state index in [9.17, 15) is 9.59 Å². The molecule has 21 heavy (non-hydrogen) atoms. The molecule has 0 atom stereocenters. The Bertz CT molecular complexity index is 718. The molecule has 0 unspecified atom stereocenters. The number of anilines is 1. The van der Waals surface area contributed by atoms with E-state index in [1.165, 1.54) is 0 Å². The predicted molar refractivity (Wildman–Crippen MR) is 79.7 cm³/mol. The largest absolute Gasteiger partial charge is 0.306 e. The van der Waals surface area contributed by atoms with E-state index in [2.05, 4.69) is 5.10 Å². The molecule has 0 fully saturated rings. The second kappa shape index (κ2) is 5.16. The number of benzene rings is 1. The molecule has 5 heteroatoms. The van der Waals surface area contributed by atoms with Crippen molar-refractivity contribution in [2.45, 2.75) is 26.8 Å². The van der Waals surface area contributed by atoms with Gasteiger partial charge in [0.1, 0.15) is 5.69 Å².